The fraction of sp³-hybridized carbons (Fsp3) is 0.200. The molecule has 0 atom stereocenters. The minimum atomic E-state index is -0.140. The lowest BCUT2D eigenvalue weighted by molar-refractivity contribution is 0.102. The van der Waals surface area contributed by atoms with E-state index in [0.29, 0.717) is 31.4 Å². The summed E-state index contributed by atoms with van der Waals surface area (Å²) in [5, 5.41) is 4.23. The topological polar surface area (TPSA) is 50.7 Å². The Balaban J connectivity index is 1.72. The van der Waals surface area contributed by atoms with Crippen molar-refractivity contribution in [1.29, 1.82) is 0 Å². The summed E-state index contributed by atoms with van der Waals surface area (Å²) in [6, 6.07) is 13.0. The van der Waals surface area contributed by atoms with Crippen LogP contribution in [0.5, 0.6) is 5.75 Å². The molecule has 3 aromatic rings. The summed E-state index contributed by atoms with van der Waals surface area (Å²) in [4.78, 5) is 19.2. The van der Waals surface area contributed by atoms with Crippen LogP contribution in [0, 0.1) is 12.3 Å². The number of carbonyl (C=O) groups is 1. The molecular formula is C25H20BrClN2O2S. The Labute approximate surface area is 204 Å². The number of anilines is 1. The van der Waals surface area contributed by atoms with Crippen LogP contribution in [0.2, 0.25) is 5.02 Å². The maximum Gasteiger partial charge on any atom is 0.259 e. The van der Waals surface area contributed by atoms with Gasteiger partial charge in [-0.05, 0) is 71.4 Å². The highest BCUT2D eigenvalue weighted by Crippen LogP contribution is 2.41. The molecule has 1 amide bonds. The Morgan fingerprint density at radius 1 is 1.28 bits per heavy atom. The van der Waals surface area contributed by atoms with Crippen molar-refractivity contribution >= 4 is 61.7 Å². The number of hydrogen-bond donors (Lipinski definition) is 1. The number of aliphatic imine (C=N–C) groups is 1. The molecule has 1 heterocycles. The number of aryl methyl sites for hydroxylation is 1. The summed E-state index contributed by atoms with van der Waals surface area (Å²) < 4.78 is 6.38. The van der Waals surface area contributed by atoms with Gasteiger partial charge in [-0.3, -0.25) is 4.79 Å². The number of nitrogens with zero attached hydrogens (tertiary/aromatic N) is 1. The largest absolute Gasteiger partial charge is 0.479 e. The van der Waals surface area contributed by atoms with E-state index in [4.69, 9.17) is 27.8 Å². The maximum absolute atomic E-state index is 13.2. The summed E-state index contributed by atoms with van der Waals surface area (Å²) >= 11 is 11.3. The van der Waals surface area contributed by atoms with Gasteiger partial charge in [0.15, 0.2) is 0 Å². The number of benzene rings is 2. The van der Waals surface area contributed by atoms with Crippen LogP contribution in [-0.4, -0.2) is 18.7 Å². The number of terminal acetylenes is 1. The number of para-hydroxylation sites is 1. The second-order valence-corrected chi connectivity index (χ2v) is 9.64. The van der Waals surface area contributed by atoms with Gasteiger partial charge in [-0.25, -0.2) is 4.99 Å². The summed E-state index contributed by atoms with van der Waals surface area (Å²) in [6.07, 6.45) is 11.1. The molecule has 162 valence electrons. The molecule has 1 N–H and O–H groups in total. The third-order valence-electron chi connectivity index (χ3n) is 5.07. The molecule has 0 radical (unpaired) electrons. The van der Waals surface area contributed by atoms with Crippen molar-refractivity contribution in [3.63, 3.8) is 0 Å². The number of fused-ring (bicyclic) bond motifs is 1. The fourth-order valence-electron chi connectivity index (χ4n) is 3.66. The highest BCUT2D eigenvalue weighted by molar-refractivity contribution is 9.10. The molecule has 4 nitrogen and oxygen atoms in total. The van der Waals surface area contributed by atoms with E-state index in [1.807, 2.05) is 30.3 Å². The smallest absolute Gasteiger partial charge is 0.259 e. The lowest BCUT2D eigenvalue weighted by atomic mass is 9.95. The molecule has 4 rings (SSSR count). The SMILES string of the molecule is C#CCOc1c(Br)cc(Cl)cc1C=Nc1sc2c(c1C(=O)Nc1ccccc1)CCCC2. The molecule has 0 aliphatic heterocycles. The molecule has 7 heteroatoms. The average Bonchev–Trinajstić information content (AvgIpc) is 3.16. The molecule has 0 saturated carbocycles. The van der Waals surface area contributed by atoms with Gasteiger partial charge in [0.2, 0.25) is 0 Å². The summed E-state index contributed by atoms with van der Waals surface area (Å²) in [5.41, 5.74) is 3.20. The quantitative estimate of drug-likeness (QED) is 0.276. The number of halogens is 2. The molecule has 0 unspecified atom stereocenters. The van der Waals surface area contributed by atoms with Crippen LogP contribution >= 0.6 is 38.9 Å². The zero-order valence-electron chi connectivity index (χ0n) is 17.2. The molecule has 1 aliphatic rings. The summed E-state index contributed by atoms with van der Waals surface area (Å²) in [6.45, 7) is 0.124. The average molecular weight is 528 g/mol. The molecule has 2 aromatic carbocycles. The number of thiophene rings is 1. The second kappa shape index (κ2) is 10.4. The Morgan fingerprint density at radius 2 is 2.06 bits per heavy atom. The number of ether oxygens (including phenoxy) is 1. The van der Waals surface area contributed by atoms with Gasteiger partial charge in [0.05, 0.1) is 10.0 Å². The maximum atomic E-state index is 13.2. The number of rotatable bonds is 6. The minimum absolute atomic E-state index is 0.124. The zero-order valence-corrected chi connectivity index (χ0v) is 20.3. The monoisotopic (exact) mass is 526 g/mol. The van der Waals surface area contributed by atoms with E-state index in [0.717, 1.165) is 36.9 Å². The van der Waals surface area contributed by atoms with E-state index in [1.54, 1.807) is 29.7 Å². The Bertz CT molecular complexity index is 1210. The van der Waals surface area contributed by atoms with Crippen LogP contribution in [0.4, 0.5) is 10.7 Å². The number of hydrogen-bond acceptors (Lipinski definition) is 4. The van der Waals surface area contributed by atoms with Gasteiger partial charge < -0.3 is 10.1 Å². The standard InChI is InChI=1S/C25H20BrClN2O2S/c1-2-12-31-23-16(13-17(27)14-20(23)26)15-28-25-22(19-10-6-7-11-21(19)32-25)24(30)29-18-8-4-3-5-9-18/h1,3-5,8-9,13-15H,6-7,10-12H2,(H,29,30). The van der Waals surface area contributed by atoms with Crippen molar-refractivity contribution in [2.45, 2.75) is 25.7 Å². The van der Waals surface area contributed by atoms with Gasteiger partial charge in [0.25, 0.3) is 5.91 Å². The Hall–Kier alpha value is -2.59. The molecule has 0 fully saturated rings. The van der Waals surface area contributed by atoms with Gasteiger partial charge in [-0.15, -0.1) is 17.8 Å². The van der Waals surface area contributed by atoms with E-state index >= 15 is 0 Å². The van der Waals surface area contributed by atoms with Crippen molar-refractivity contribution in [2.24, 2.45) is 4.99 Å². The van der Waals surface area contributed by atoms with Crippen LogP contribution in [-0.2, 0) is 12.8 Å². The van der Waals surface area contributed by atoms with Crippen LogP contribution in [0.3, 0.4) is 0 Å². The van der Waals surface area contributed by atoms with Crippen LogP contribution in [0.1, 0.15) is 39.2 Å². The fourth-order valence-corrected chi connectivity index (χ4v) is 5.84. The molecule has 32 heavy (non-hydrogen) atoms. The van der Waals surface area contributed by atoms with Gasteiger partial charge in [-0.2, -0.15) is 0 Å². The van der Waals surface area contributed by atoms with Crippen LogP contribution < -0.4 is 10.1 Å². The summed E-state index contributed by atoms with van der Waals surface area (Å²) in [5.74, 6) is 2.89. The number of carbonyl (C=O) groups excluding carboxylic acids is 1. The lowest BCUT2D eigenvalue weighted by Gasteiger charge is -2.13. The van der Waals surface area contributed by atoms with Crippen LogP contribution in [0.25, 0.3) is 0 Å². The van der Waals surface area contributed by atoms with Crippen molar-refractivity contribution in [1.82, 2.24) is 0 Å². The van der Waals surface area contributed by atoms with E-state index in [-0.39, 0.29) is 12.5 Å². The molecule has 1 aliphatic carbocycles. The number of nitrogens with one attached hydrogen (secondary N) is 1. The molecule has 0 saturated heterocycles. The molecule has 0 bridgehead atoms. The van der Waals surface area contributed by atoms with Crippen molar-refractivity contribution in [3.05, 3.63) is 73.5 Å². The minimum Gasteiger partial charge on any atom is -0.479 e. The van der Waals surface area contributed by atoms with Gasteiger partial charge in [0.1, 0.15) is 17.4 Å². The first kappa shape index (κ1) is 22.6. The number of amides is 1. The predicted molar refractivity (Wildman–Crippen MR) is 136 cm³/mol. The molecule has 1 aromatic heterocycles. The Kier molecular flexibility index (Phi) is 7.31. The molecule has 0 spiro atoms. The van der Waals surface area contributed by atoms with E-state index in [2.05, 4.69) is 27.2 Å². The highest BCUT2D eigenvalue weighted by Gasteiger charge is 2.25. The van der Waals surface area contributed by atoms with E-state index < -0.39 is 0 Å². The predicted octanol–water partition coefficient (Wildman–Crippen LogP) is 7.06. The van der Waals surface area contributed by atoms with E-state index in [1.165, 1.54) is 4.88 Å². The lowest BCUT2D eigenvalue weighted by Crippen LogP contribution is -2.14. The van der Waals surface area contributed by atoms with Crippen molar-refractivity contribution in [3.8, 4) is 18.1 Å². The first-order valence-electron chi connectivity index (χ1n) is 10.2. The van der Waals surface area contributed by atoms with Crippen LogP contribution in [0.15, 0.2) is 51.9 Å². The molecular weight excluding hydrogens is 508 g/mol. The van der Waals surface area contributed by atoms with Crippen molar-refractivity contribution in [2.75, 3.05) is 11.9 Å². The van der Waals surface area contributed by atoms with Gasteiger partial charge >= 0.3 is 0 Å². The first-order chi connectivity index (χ1) is 15.6. The van der Waals surface area contributed by atoms with Gasteiger partial charge in [-0.1, -0.05) is 35.7 Å². The van der Waals surface area contributed by atoms with Crippen molar-refractivity contribution < 1.29 is 9.53 Å². The highest BCUT2D eigenvalue weighted by atomic mass is 79.9. The van der Waals surface area contributed by atoms with E-state index in [9.17, 15) is 4.79 Å². The first-order valence-corrected chi connectivity index (χ1v) is 12.2. The Morgan fingerprint density at radius 3 is 2.84 bits per heavy atom. The normalized spacial score (nSPS) is 12.9. The third kappa shape index (κ3) is 5.07. The zero-order chi connectivity index (χ0) is 22.5. The summed E-state index contributed by atoms with van der Waals surface area (Å²) in [7, 11) is 0. The third-order valence-corrected chi connectivity index (χ3v) is 7.08. The van der Waals surface area contributed by atoms with Gasteiger partial charge in [0, 0.05) is 27.4 Å². The second-order valence-electron chi connectivity index (χ2n) is 7.27.